The minimum atomic E-state index is -0.0211. The molecule has 2 aliphatic rings. The van der Waals surface area contributed by atoms with E-state index < -0.39 is 0 Å². The van der Waals surface area contributed by atoms with Crippen molar-refractivity contribution in [3.63, 3.8) is 0 Å². The van der Waals surface area contributed by atoms with Gasteiger partial charge in [0.05, 0.1) is 12.0 Å². The summed E-state index contributed by atoms with van der Waals surface area (Å²) in [7, 11) is 0. The Hall–Kier alpha value is -1.88. The molecule has 2 amide bonds. The molecule has 0 saturated carbocycles. The Morgan fingerprint density at radius 3 is 2.62 bits per heavy atom. The van der Waals surface area contributed by atoms with E-state index in [0.29, 0.717) is 5.92 Å². The van der Waals surface area contributed by atoms with Gasteiger partial charge in [-0.05, 0) is 55.2 Å². The minimum Gasteiger partial charge on any atom is -0.421 e. The highest BCUT2D eigenvalue weighted by molar-refractivity contribution is 7.94. The van der Waals surface area contributed by atoms with Crippen LogP contribution in [0.1, 0.15) is 33.6 Å². The number of nitrogens with zero attached hydrogens (tertiary/aromatic N) is 1. The van der Waals surface area contributed by atoms with Crippen molar-refractivity contribution in [1.29, 1.82) is 0 Å². The van der Waals surface area contributed by atoms with E-state index in [-0.39, 0.29) is 6.03 Å². The molecule has 0 radical (unpaired) electrons. The summed E-state index contributed by atoms with van der Waals surface area (Å²) in [5, 5.41) is 2.91. The van der Waals surface area contributed by atoms with Crippen LogP contribution in [0.15, 0.2) is 53.1 Å². The average Bonchev–Trinajstić information content (AvgIpc) is 2.65. The molecule has 0 spiro atoms. The van der Waals surface area contributed by atoms with Gasteiger partial charge < -0.3 is 9.50 Å². The van der Waals surface area contributed by atoms with E-state index in [1.807, 2.05) is 44.2 Å². The van der Waals surface area contributed by atoms with Gasteiger partial charge in [0, 0.05) is 23.7 Å². The van der Waals surface area contributed by atoms with E-state index >= 15 is 0 Å². The summed E-state index contributed by atoms with van der Waals surface area (Å²) in [6, 6.07) is 7.88. The quantitative estimate of drug-likeness (QED) is 0.768. The predicted molar refractivity (Wildman–Crippen MR) is 101 cm³/mol. The fourth-order valence-corrected chi connectivity index (χ4v) is 3.03. The van der Waals surface area contributed by atoms with E-state index in [9.17, 15) is 4.79 Å². The number of allylic oxidation sites excluding steroid dienone is 3. The van der Waals surface area contributed by atoms with Crippen molar-refractivity contribution < 1.29 is 8.98 Å². The van der Waals surface area contributed by atoms with Gasteiger partial charge in [-0.3, -0.25) is 4.90 Å². The zero-order chi connectivity index (χ0) is 17.4. The number of rotatable bonds is 4. The van der Waals surface area contributed by atoms with Gasteiger partial charge in [-0.25, -0.2) is 4.79 Å². The number of amides is 2. The van der Waals surface area contributed by atoms with E-state index in [4.69, 9.17) is 4.18 Å². The summed E-state index contributed by atoms with van der Waals surface area (Å²) in [6.45, 7) is 7.64. The first-order valence-electron chi connectivity index (χ1n) is 8.59. The molecule has 1 aliphatic heterocycles. The van der Waals surface area contributed by atoms with Gasteiger partial charge in [-0.1, -0.05) is 26.8 Å². The van der Waals surface area contributed by atoms with Crippen LogP contribution in [0.4, 0.5) is 10.5 Å². The number of anilines is 1. The summed E-state index contributed by atoms with van der Waals surface area (Å²) < 4.78 is 5.69. The Morgan fingerprint density at radius 1 is 1.21 bits per heavy atom. The number of carbonyl (C=O) groups excluding carboxylic acids is 1. The number of hydrogen-bond acceptors (Lipinski definition) is 3. The van der Waals surface area contributed by atoms with E-state index in [1.165, 1.54) is 12.0 Å². The highest BCUT2D eigenvalue weighted by Crippen LogP contribution is 2.27. The van der Waals surface area contributed by atoms with Crippen LogP contribution in [-0.2, 0) is 4.18 Å². The number of nitrogens with one attached hydrogen (secondary N) is 1. The second-order valence-corrected chi connectivity index (χ2v) is 6.45. The number of urea groups is 1. The Labute approximate surface area is 149 Å². The van der Waals surface area contributed by atoms with Crippen molar-refractivity contribution in [2.75, 3.05) is 18.0 Å². The molecular weight excluding hydrogens is 320 g/mol. The van der Waals surface area contributed by atoms with Crippen LogP contribution in [0, 0.1) is 5.92 Å². The molecule has 1 aromatic rings. The third-order valence-electron chi connectivity index (χ3n) is 3.68. The highest BCUT2D eigenvalue weighted by atomic mass is 32.2. The Bertz CT molecular complexity index is 596. The molecule has 1 saturated heterocycles. The van der Waals surface area contributed by atoms with E-state index in [0.717, 1.165) is 42.3 Å². The predicted octanol–water partition coefficient (Wildman–Crippen LogP) is 5.14. The van der Waals surface area contributed by atoms with Crippen molar-refractivity contribution in [2.24, 2.45) is 5.92 Å². The second kappa shape index (κ2) is 9.42. The topological polar surface area (TPSA) is 41.6 Å². The van der Waals surface area contributed by atoms with Gasteiger partial charge in [0.1, 0.15) is 5.76 Å². The van der Waals surface area contributed by atoms with Crippen molar-refractivity contribution in [3.8, 4) is 0 Å². The molecule has 1 aromatic carbocycles. The summed E-state index contributed by atoms with van der Waals surface area (Å²) in [5.41, 5.74) is 0.921. The molecule has 1 atom stereocenters. The number of carbonyl (C=O) groups is 1. The Balaban J connectivity index is 0.00000100. The first-order valence-corrected chi connectivity index (χ1v) is 9.33. The molecule has 1 N–H and O–H groups in total. The van der Waals surface area contributed by atoms with Gasteiger partial charge in [0.2, 0.25) is 0 Å². The lowest BCUT2D eigenvalue weighted by Crippen LogP contribution is -2.50. The van der Waals surface area contributed by atoms with Crippen molar-refractivity contribution in [3.05, 3.63) is 48.3 Å². The third-order valence-corrected chi connectivity index (χ3v) is 4.43. The van der Waals surface area contributed by atoms with Gasteiger partial charge >= 0.3 is 6.03 Å². The van der Waals surface area contributed by atoms with Crippen molar-refractivity contribution >= 4 is 23.8 Å². The van der Waals surface area contributed by atoms with Crippen LogP contribution in [-0.4, -0.2) is 19.1 Å². The lowest BCUT2D eigenvalue weighted by atomic mass is 10.1. The summed E-state index contributed by atoms with van der Waals surface area (Å²) in [6.07, 6.45) is 8.34. The molecule has 0 aromatic heterocycles. The van der Waals surface area contributed by atoms with Crippen molar-refractivity contribution in [2.45, 2.75) is 38.5 Å². The van der Waals surface area contributed by atoms with Crippen LogP contribution < -0.4 is 10.2 Å². The molecule has 1 heterocycles. The lowest BCUT2D eigenvalue weighted by Gasteiger charge is -2.31. The molecule has 4 nitrogen and oxygen atoms in total. The first-order chi connectivity index (χ1) is 11.7. The monoisotopic (exact) mass is 346 g/mol. The Morgan fingerprint density at radius 2 is 1.96 bits per heavy atom. The molecule has 1 fully saturated rings. The minimum absolute atomic E-state index is 0.0211. The van der Waals surface area contributed by atoms with Crippen molar-refractivity contribution in [1.82, 2.24) is 5.32 Å². The first kappa shape index (κ1) is 18.5. The molecule has 1 aliphatic carbocycles. The normalized spacial score (nSPS) is 19.8. The smallest absolute Gasteiger partial charge is 0.321 e. The second-order valence-electron chi connectivity index (χ2n) is 5.65. The van der Waals surface area contributed by atoms with Crippen LogP contribution in [0.2, 0.25) is 0 Å². The summed E-state index contributed by atoms with van der Waals surface area (Å²) >= 11 is 1.35. The molecule has 5 heteroatoms. The fraction of sp³-hybridized carbons (Fsp3) is 0.421. The van der Waals surface area contributed by atoms with Crippen LogP contribution in [0.25, 0.3) is 0 Å². The molecule has 3 rings (SSSR count). The standard InChI is InChI=1S/C17H20N2O2S.C2H6/c1-13-11-18-17(20)19(12-13)14-7-9-16(10-8-14)22-21-15-5-3-2-4-6-15;1-2/h3,5-10,13H,2,4,11-12H2,1H3,(H,18,20);1-2H3. The van der Waals surface area contributed by atoms with E-state index in [2.05, 4.69) is 24.4 Å². The van der Waals surface area contributed by atoms with Gasteiger partial charge in [0.15, 0.2) is 0 Å². The Kier molecular flexibility index (Phi) is 7.25. The number of hydrogen-bond donors (Lipinski definition) is 1. The largest absolute Gasteiger partial charge is 0.421 e. The SMILES string of the molecule is CC.CC1CNC(=O)N(c2ccc(SOC3=CCCC=C3)cc2)C1. The maximum atomic E-state index is 11.9. The summed E-state index contributed by atoms with van der Waals surface area (Å²) in [4.78, 5) is 14.7. The third kappa shape index (κ3) is 5.06. The maximum absolute atomic E-state index is 11.9. The van der Waals surface area contributed by atoms with E-state index in [1.54, 1.807) is 4.90 Å². The molecule has 0 bridgehead atoms. The zero-order valence-corrected chi connectivity index (χ0v) is 15.4. The highest BCUT2D eigenvalue weighted by Gasteiger charge is 2.23. The van der Waals surface area contributed by atoms with Gasteiger partial charge in [0.25, 0.3) is 0 Å². The molecule has 24 heavy (non-hydrogen) atoms. The summed E-state index contributed by atoms with van der Waals surface area (Å²) in [5.74, 6) is 1.37. The average molecular weight is 346 g/mol. The van der Waals surface area contributed by atoms with Crippen LogP contribution in [0.5, 0.6) is 0 Å². The van der Waals surface area contributed by atoms with Crippen LogP contribution >= 0.6 is 12.0 Å². The van der Waals surface area contributed by atoms with Crippen LogP contribution in [0.3, 0.4) is 0 Å². The van der Waals surface area contributed by atoms with Gasteiger partial charge in [-0.15, -0.1) is 0 Å². The van der Waals surface area contributed by atoms with Gasteiger partial charge in [-0.2, -0.15) is 0 Å². The number of benzene rings is 1. The maximum Gasteiger partial charge on any atom is 0.321 e. The zero-order valence-electron chi connectivity index (χ0n) is 14.6. The lowest BCUT2D eigenvalue weighted by molar-refractivity contribution is 0.238. The molecular formula is C19H26N2O2S. The molecule has 1 unspecified atom stereocenters. The fourth-order valence-electron chi connectivity index (χ4n) is 2.47. The molecule has 130 valence electrons.